The molecule has 1 aromatic rings. The molecule has 19 heavy (non-hydrogen) atoms. The number of hydrogen-bond donors (Lipinski definition) is 2. The van der Waals surface area contributed by atoms with Gasteiger partial charge in [-0.25, -0.2) is 0 Å². The molecule has 0 bridgehead atoms. The first kappa shape index (κ1) is 14.4. The molecule has 1 saturated heterocycles. The second kappa shape index (κ2) is 6.46. The number of likely N-dealkylation sites (tertiary alicyclic amines) is 1. The van der Waals surface area contributed by atoms with Crippen LogP contribution in [0.1, 0.15) is 31.9 Å². The van der Waals surface area contributed by atoms with Gasteiger partial charge in [0.1, 0.15) is 0 Å². The maximum absolute atomic E-state index is 10.2. The van der Waals surface area contributed by atoms with Crippen molar-refractivity contribution in [1.29, 1.82) is 0 Å². The summed E-state index contributed by atoms with van der Waals surface area (Å²) < 4.78 is 0. The third-order valence-electron chi connectivity index (χ3n) is 4.27. The van der Waals surface area contributed by atoms with E-state index in [4.69, 9.17) is 0 Å². The van der Waals surface area contributed by atoms with Crippen molar-refractivity contribution in [3.8, 4) is 0 Å². The molecule has 0 amide bonds. The van der Waals surface area contributed by atoms with Crippen molar-refractivity contribution in [2.24, 2.45) is 5.92 Å². The molecular formula is C15H25N3O. The Bertz CT molecular complexity index is 384. The van der Waals surface area contributed by atoms with Crippen molar-refractivity contribution in [3.05, 3.63) is 30.1 Å². The number of piperidine rings is 1. The van der Waals surface area contributed by atoms with E-state index in [1.54, 1.807) is 12.4 Å². The van der Waals surface area contributed by atoms with Crippen molar-refractivity contribution in [2.45, 2.75) is 38.5 Å². The first-order chi connectivity index (χ1) is 9.08. The van der Waals surface area contributed by atoms with Gasteiger partial charge in [0, 0.05) is 37.6 Å². The van der Waals surface area contributed by atoms with E-state index in [0.717, 1.165) is 18.5 Å². The van der Waals surface area contributed by atoms with Crippen LogP contribution in [0.4, 0.5) is 0 Å². The molecule has 1 aliphatic rings. The molecule has 4 heteroatoms. The first-order valence-corrected chi connectivity index (χ1v) is 7.09. The van der Waals surface area contributed by atoms with E-state index in [2.05, 4.69) is 36.1 Å². The second-order valence-corrected chi connectivity index (χ2v) is 5.81. The molecule has 106 valence electrons. The Balaban J connectivity index is 1.85. The van der Waals surface area contributed by atoms with Crippen molar-refractivity contribution >= 4 is 0 Å². The largest absolute Gasteiger partial charge is 0.387 e. The SMILES string of the molecule is CC1CN(C)C(C)CC1NCC(O)c1ccncc1. The van der Waals surface area contributed by atoms with Crippen molar-refractivity contribution in [2.75, 3.05) is 20.1 Å². The van der Waals surface area contributed by atoms with Crippen LogP contribution in [-0.4, -0.2) is 47.2 Å². The zero-order valence-electron chi connectivity index (χ0n) is 12.1. The van der Waals surface area contributed by atoms with E-state index >= 15 is 0 Å². The molecule has 2 heterocycles. The third-order valence-corrected chi connectivity index (χ3v) is 4.27. The molecule has 4 unspecified atom stereocenters. The van der Waals surface area contributed by atoms with Gasteiger partial charge >= 0.3 is 0 Å². The second-order valence-electron chi connectivity index (χ2n) is 5.81. The minimum Gasteiger partial charge on any atom is -0.387 e. The molecule has 0 spiro atoms. The molecule has 1 fully saturated rings. The summed E-state index contributed by atoms with van der Waals surface area (Å²) in [6.07, 6.45) is 4.13. The highest BCUT2D eigenvalue weighted by molar-refractivity contribution is 5.13. The Kier molecular flexibility index (Phi) is 4.91. The van der Waals surface area contributed by atoms with Crippen LogP contribution in [0.15, 0.2) is 24.5 Å². The Labute approximate surface area is 115 Å². The lowest BCUT2D eigenvalue weighted by atomic mass is 9.89. The molecule has 2 rings (SSSR count). The third kappa shape index (κ3) is 3.75. The highest BCUT2D eigenvalue weighted by atomic mass is 16.3. The van der Waals surface area contributed by atoms with E-state index in [-0.39, 0.29) is 0 Å². The van der Waals surface area contributed by atoms with Gasteiger partial charge in [0.2, 0.25) is 0 Å². The quantitative estimate of drug-likeness (QED) is 0.863. The van der Waals surface area contributed by atoms with E-state index < -0.39 is 6.10 Å². The van der Waals surface area contributed by atoms with Gasteiger partial charge < -0.3 is 15.3 Å². The molecule has 0 aromatic carbocycles. The van der Waals surface area contributed by atoms with Gasteiger partial charge in [-0.2, -0.15) is 0 Å². The highest BCUT2D eigenvalue weighted by Crippen LogP contribution is 2.21. The topological polar surface area (TPSA) is 48.4 Å². The Morgan fingerprint density at radius 3 is 2.79 bits per heavy atom. The van der Waals surface area contributed by atoms with Gasteiger partial charge in [-0.1, -0.05) is 6.92 Å². The minimum absolute atomic E-state index is 0.454. The number of aliphatic hydroxyl groups excluding tert-OH is 1. The average molecular weight is 263 g/mol. The van der Waals surface area contributed by atoms with Crippen molar-refractivity contribution < 1.29 is 5.11 Å². The van der Waals surface area contributed by atoms with E-state index in [9.17, 15) is 5.11 Å². The average Bonchev–Trinajstić information content (AvgIpc) is 2.42. The van der Waals surface area contributed by atoms with Crippen LogP contribution in [0.5, 0.6) is 0 Å². The number of hydrogen-bond acceptors (Lipinski definition) is 4. The van der Waals surface area contributed by atoms with E-state index in [1.165, 1.54) is 0 Å². The zero-order chi connectivity index (χ0) is 13.8. The fourth-order valence-electron chi connectivity index (χ4n) is 2.79. The molecule has 4 atom stereocenters. The summed E-state index contributed by atoms with van der Waals surface area (Å²) in [7, 11) is 2.18. The van der Waals surface area contributed by atoms with Gasteiger partial charge in [-0.05, 0) is 44.0 Å². The van der Waals surface area contributed by atoms with Gasteiger partial charge in [0.05, 0.1) is 6.10 Å². The van der Waals surface area contributed by atoms with E-state index in [1.807, 2.05) is 12.1 Å². The number of nitrogens with zero attached hydrogens (tertiary/aromatic N) is 2. The van der Waals surface area contributed by atoms with Gasteiger partial charge in [-0.15, -0.1) is 0 Å². The molecule has 2 N–H and O–H groups in total. The maximum atomic E-state index is 10.2. The van der Waals surface area contributed by atoms with Crippen LogP contribution in [-0.2, 0) is 0 Å². The van der Waals surface area contributed by atoms with Crippen LogP contribution >= 0.6 is 0 Å². The van der Waals surface area contributed by atoms with Crippen LogP contribution in [0.3, 0.4) is 0 Å². The molecule has 4 nitrogen and oxygen atoms in total. The number of nitrogens with one attached hydrogen (secondary N) is 1. The standard InChI is InChI=1S/C15H25N3O/c1-11-10-18(3)12(2)8-14(11)17-9-15(19)13-4-6-16-7-5-13/h4-7,11-12,14-15,17,19H,8-10H2,1-3H3. The highest BCUT2D eigenvalue weighted by Gasteiger charge is 2.28. The number of aromatic nitrogens is 1. The summed E-state index contributed by atoms with van der Waals surface area (Å²) in [6.45, 7) is 6.26. The zero-order valence-corrected chi connectivity index (χ0v) is 12.1. The minimum atomic E-state index is -0.454. The summed E-state index contributed by atoms with van der Waals surface area (Å²) in [6, 6.07) is 4.83. The Morgan fingerprint density at radius 2 is 2.11 bits per heavy atom. The molecule has 0 radical (unpaired) electrons. The summed E-state index contributed by atoms with van der Waals surface area (Å²) in [5, 5.41) is 13.7. The summed E-state index contributed by atoms with van der Waals surface area (Å²) in [5.74, 6) is 0.617. The smallest absolute Gasteiger partial charge is 0.0915 e. The van der Waals surface area contributed by atoms with Crippen molar-refractivity contribution in [1.82, 2.24) is 15.2 Å². The predicted molar refractivity (Wildman–Crippen MR) is 76.9 cm³/mol. The van der Waals surface area contributed by atoms with Crippen LogP contribution in [0.25, 0.3) is 0 Å². The fraction of sp³-hybridized carbons (Fsp3) is 0.667. The van der Waals surface area contributed by atoms with E-state index in [0.29, 0.717) is 24.5 Å². The molecular weight excluding hydrogens is 238 g/mol. The predicted octanol–water partition coefficient (Wildman–Crippen LogP) is 1.43. The molecule has 0 aliphatic carbocycles. The summed E-state index contributed by atoms with van der Waals surface area (Å²) in [5.41, 5.74) is 0.927. The lowest BCUT2D eigenvalue weighted by Gasteiger charge is -2.40. The maximum Gasteiger partial charge on any atom is 0.0915 e. The summed E-state index contributed by atoms with van der Waals surface area (Å²) in [4.78, 5) is 6.38. The normalized spacial score (nSPS) is 30.2. The number of rotatable bonds is 4. The van der Waals surface area contributed by atoms with Crippen LogP contribution < -0.4 is 5.32 Å². The van der Waals surface area contributed by atoms with Gasteiger partial charge in [0.15, 0.2) is 0 Å². The fourth-order valence-corrected chi connectivity index (χ4v) is 2.79. The first-order valence-electron chi connectivity index (χ1n) is 7.09. The van der Waals surface area contributed by atoms with Crippen LogP contribution in [0, 0.1) is 5.92 Å². The number of pyridine rings is 1. The molecule has 0 saturated carbocycles. The van der Waals surface area contributed by atoms with Gasteiger partial charge in [-0.3, -0.25) is 4.98 Å². The Morgan fingerprint density at radius 1 is 1.42 bits per heavy atom. The molecule has 1 aromatic heterocycles. The monoisotopic (exact) mass is 263 g/mol. The Hall–Kier alpha value is -0.970. The number of aliphatic hydroxyl groups is 1. The molecule has 1 aliphatic heterocycles. The summed E-state index contributed by atoms with van der Waals surface area (Å²) >= 11 is 0. The van der Waals surface area contributed by atoms with Crippen molar-refractivity contribution in [3.63, 3.8) is 0 Å². The lowest BCUT2D eigenvalue weighted by molar-refractivity contribution is 0.106. The van der Waals surface area contributed by atoms with Crippen LogP contribution in [0.2, 0.25) is 0 Å². The van der Waals surface area contributed by atoms with Gasteiger partial charge in [0.25, 0.3) is 0 Å². The lowest BCUT2D eigenvalue weighted by Crippen LogP contribution is -2.51.